The van der Waals surface area contributed by atoms with Gasteiger partial charge in [-0.3, -0.25) is 0 Å². The molecule has 2 aliphatic carbocycles. The van der Waals surface area contributed by atoms with Crippen molar-refractivity contribution in [2.45, 2.75) is 19.3 Å². The summed E-state index contributed by atoms with van der Waals surface area (Å²) >= 11 is 18.6. The molecule has 2 aromatic rings. The lowest BCUT2D eigenvalue weighted by atomic mass is 9.88. The SMILES string of the molecule is CC1=CC2Cc3c(C(=O)O)nn(-c4ccc(Cl)cc4Cl)c3C2C=C1Cl. The smallest absolute Gasteiger partial charge is 0.356 e. The number of aromatic carboxylic acids is 1. The van der Waals surface area contributed by atoms with Gasteiger partial charge in [0, 0.05) is 21.5 Å². The molecular weight excluding hydrogens is 383 g/mol. The van der Waals surface area contributed by atoms with Crippen LogP contribution in [0.15, 0.2) is 41.0 Å². The highest BCUT2D eigenvalue weighted by Crippen LogP contribution is 2.47. The largest absolute Gasteiger partial charge is 0.476 e. The van der Waals surface area contributed by atoms with Gasteiger partial charge in [0.1, 0.15) is 0 Å². The van der Waals surface area contributed by atoms with Crippen molar-refractivity contribution in [3.05, 3.63) is 68.0 Å². The van der Waals surface area contributed by atoms with E-state index >= 15 is 0 Å². The minimum atomic E-state index is -1.05. The van der Waals surface area contributed by atoms with Crippen LogP contribution < -0.4 is 0 Å². The number of aromatic nitrogens is 2. The fraction of sp³-hybridized carbons (Fsp3) is 0.222. The van der Waals surface area contributed by atoms with Crippen molar-refractivity contribution in [3.63, 3.8) is 0 Å². The first kappa shape index (κ1) is 16.7. The third kappa shape index (κ3) is 2.60. The summed E-state index contributed by atoms with van der Waals surface area (Å²) in [6.07, 6.45) is 4.69. The molecule has 2 atom stereocenters. The highest BCUT2D eigenvalue weighted by Gasteiger charge is 2.40. The van der Waals surface area contributed by atoms with Crippen LogP contribution in [0.3, 0.4) is 0 Å². The second-order valence-corrected chi connectivity index (χ2v) is 7.53. The van der Waals surface area contributed by atoms with Crippen molar-refractivity contribution in [3.8, 4) is 5.69 Å². The summed E-state index contributed by atoms with van der Waals surface area (Å²) in [6.45, 7) is 1.96. The summed E-state index contributed by atoms with van der Waals surface area (Å²) in [7, 11) is 0. The highest BCUT2D eigenvalue weighted by molar-refractivity contribution is 6.35. The van der Waals surface area contributed by atoms with Crippen molar-refractivity contribution < 1.29 is 9.90 Å². The van der Waals surface area contributed by atoms with Gasteiger partial charge in [0.2, 0.25) is 0 Å². The minimum Gasteiger partial charge on any atom is -0.476 e. The number of halogens is 3. The summed E-state index contributed by atoms with van der Waals surface area (Å²) in [4.78, 5) is 11.7. The quantitative estimate of drug-likeness (QED) is 0.759. The summed E-state index contributed by atoms with van der Waals surface area (Å²) in [6, 6.07) is 5.07. The Morgan fingerprint density at radius 2 is 2.04 bits per heavy atom. The van der Waals surface area contributed by atoms with Gasteiger partial charge in [0.25, 0.3) is 0 Å². The molecule has 0 aliphatic heterocycles. The van der Waals surface area contributed by atoms with Crippen LogP contribution in [0.1, 0.15) is 34.6 Å². The van der Waals surface area contributed by atoms with E-state index in [4.69, 9.17) is 34.8 Å². The van der Waals surface area contributed by atoms with Crippen molar-refractivity contribution in [1.29, 1.82) is 0 Å². The normalized spacial score (nSPS) is 21.4. The lowest BCUT2D eigenvalue weighted by molar-refractivity contribution is 0.0688. The predicted molar refractivity (Wildman–Crippen MR) is 98.2 cm³/mol. The Kier molecular flexibility index (Phi) is 3.95. The monoisotopic (exact) mass is 394 g/mol. The van der Waals surface area contributed by atoms with Gasteiger partial charge in [0.05, 0.1) is 16.4 Å². The molecule has 2 unspecified atom stereocenters. The molecular formula is C18H13Cl3N2O2. The molecule has 1 aromatic heterocycles. The van der Waals surface area contributed by atoms with Crippen LogP contribution in [0.25, 0.3) is 5.69 Å². The van der Waals surface area contributed by atoms with E-state index in [1.807, 2.05) is 13.0 Å². The number of rotatable bonds is 2. The maximum Gasteiger partial charge on any atom is 0.356 e. The number of carboxylic acids is 1. The van der Waals surface area contributed by atoms with Crippen LogP contribution in [0.2, 0.25) is 10.0 Å². The molecule has 0 saturated carbocycles. The molecule has 7 heteroatoms. The molecule has 4 rings (SSSR count). The standard InChI is InChI=1S/C18H13Cl3N2O2/c1-8-4-9-5-12-16(18(24)25)22-23(17(12)11(9)7-13(8)20)15-3-2-10(19)6-14(15)21/h2-4,6-7,9,11H,5H2,1H3,(H,24,25). The molecule has 0 saturated heterocycles. The van der Waals surface area contributed by atoms with Crippen LogP contribution in [0.4, 0.5) is 0 Å². The zero-order valence-electron chi connectivity index (χ0n) is 13.1. The number of nitrogens with zero attached hydrogens (tertiary/aromatic N) is 2. The molecule has 2 aliphatic rings. The van der Waals surface area contributed by atoms with Gasteiger partial charge in [-0.15, -0.1) is 0 Å². The number of hydrogen-bond acceptors (Lipinski definition) is 2. The van der Waals surface area contributed by atoms with Gasteiger partial charge in [-0.1, -0.05) is 47.0 Å². The van der Waals surface area contributed by atoms with E-state index in [0.29, 0.717) is 27.2 Å². The van der Waals surface area contributed by atoms with E-state index in [-0.39, 0.29) is 17.5 Å². The average molecular weight is 396 g/mol. The maximum atomic E-state index is 11.7. The molecule has 1 heterocycles. The molecule has 128 valence electrons. The second kappa shape index (κ2) is 5.90. The fourth-order valence-electron chi connectivity index (χ4n) is 3.64. The van der Waals surface area contributed by atoms with Crippen molar-refractivity contribution in [2.75, 3.05) is 0 Å². The molecule has 4 nitrogen and oxygen atoms in total. The number of carbonyl (C=O) groups is 1. The third-order valence-electron chi connectivity index (χ3n) is 4.75. The number of hydrogen-bond donors (Lipinski definition) is 1. The van der Waals surface area contributed by atoms with Gasteiger partial charge in [-0.2, -0.15) is 5.10 Å². The summed E-state index contributed by atoms with van der Waals surface area (Å²) in [5.74, 6) is -0.904. The molecule has 1 N–H and O–H groups in total. The topological polar surface area (TPSA) is 55.1 Å². The third-order valence-corrected chi connectivity index (χ3v) is 5.71. The first-order valence-electron chi connectivity index (χ1n) is 7.73. The number of allylic oxidation sites excluding steroid dienone is 4. The zero-order valence-corrected chi connectivity index (χ0v) is 15.4. The summed E-state index contributed by atoms with van der Waals surface area (Å²) < 4.78 is 1.62. The van der Waals surface area contributed by atoms with Crippen LogP contribution >= 0.6 is 34.8 Å². The molecule has 0 bridgehead atoms. The number of fused-ring (bicyclic) bond motifs is 3. The number of benzene rings is 1. The van der Waals surface area contributed by atoms with Gasteiger partial charge in [-0.25, -0.2) is 9.48 Å². The lowest BCUT2D eigenvalue weighted by Gasteiger charge is -2.22. The van der Waals surface area contributed by atoms with E-state index in [1.165, 1.54) is 0 Å². The molecule has 0 fully saturated rings. The Bertz CT molecular complexity index is 975. The van der Waals surface area contributed by atoms with Crippen LogP contribution in [-0.2, 0) is 6.42 Å². The Balaban J connectivity index is 1.95. The Morgan fingerprint density at radius 1 is 1.28 bits per heavy atom. The Hall–Kier alpha value is -1.75. The van der Waals surface area contributed by atoms with Crippen LogP contribution in [0, 0.1) is 5.92 Å². The molecule has 0 spiro atoms. The summed E-state index contributed by atoms with van der Waals surface area (Å²) in [5.41, 5.74) is 3.24. The molecule has 0 radical (unpaired) electrons. The van der Waals surface area contributed by atoms with Crippen molar-refractivity contribution in [2.24, 2.45) is 5.92 Å². The van der Waals surface area contributed by atoms with E-state index in [9.17, 15) is 9.90 Å². The molecule has 1 aromatic carbocycles. The first-order valence-corrected chi connectivity index (χ1v) is 8.87. The highest BCUT2D eigenvalue weighted by atomic mass is 35.5. The van der Waals surface area contributed by atoms with E-state index in [2.05, 4.69) is 11.2 Å². The predicted octanol–water partition coefficient (Wildman–Crippen LogP) is 5.22. The lowest BCUT2D eigenvalue weighted by Crippen LogP contribution is -2.14. The van der Waals surface area contributed by atoms with Crippen LogP contribution in [0.5, 0.6) is 0 Å². The Morgan fingerprint density at radius 3 is 2.72 bits per heavy atom. The van der Waals surface area contributed by atoms with E-state index in [0.717, 1.165) is 16.8 Å². The summed E-state index contributed by atoms with van der Waals surface area (Å²) in [5, 5.41) is 15.5. The van der Waals surface area contributed by atoms with Gasteiger partial charge < -0.3 is 5.11 Å². The fourth-order valence-corrected chi connectivity index (χ4v) is 4.32. The minimum absolute atomic E-state index is 0.0291. The van der Waals surface area contributed by atoms with Crippen molar-refractivity contribution in [1.82, 2.24) is 9.78 Å². The number of carboxylic acid groups (broad SMARTS) is 1. The van der Waals surface area contributed by atoms with Crippen LogP contribution in [-0.4, -0.2) is 20.9 Å². The second-order valence-electron chi connectivity index (χ2n) is 6.28. The molecule has 25 heavy (non-hydrogen) atoms. The first-order chi connectivity index (χ1) is 11.9. The maximum absolute atomic E-state index is 11.7. The van der Waals surface area contributed by atoms with E-state index < -0.39 is 5.97 Å². The van der Waals surface area contributed by atoms with E-state index in [1.54, 1.807) is 22.9 Å². The van der Waals surface area contributed by atoms with Gasteiger partial charge >= 0.3 is 5.97 Å². The van der Waals surface area contributed by atoms with Gasteiger partial charge in [-0.05, 0) is 43.0 Å². The molecule has 0 amide bonds. The zero-order chi connectivity index (χ0) is 17.9. The Labute approximate surface area is 159 Å². The van der Waals surface area contributed by atoms with Crippen molar-refractivity contribution >= 4 is 40.8 Å². The van der Waals surface area contributed by atoms with Gasteiger partial charge in [0.15, 0.2) is 5.69 Å². The average Bonchev–Trinajstić information content (AvgIpc) is 3.05.